The van der Waals surface area contributed by atoms with Gasteiger partial charge < -0.3 is 5.32 Å². The third-order valence-corrected chi connectivity index (χ3v) is 5.27. The van der Waals surface area contributed by atoms with Gasteiger partial charge in [0.2, 0.25) is 10.0 Å². The summed E-state index contributed by atoms with van der Waals surface area (Å²) in [6.45, 7) is 9.27. The summed E-state index contributed by atoms with van der Waals surface area (Å²) in [6, 6.07) is 3.93. The van der Waals surface area contributed by atoms with Gasteiger partial charge in [0.15, 0.2) is 0 Å². The van der Waals surface area contributed by atoms with Crippen molar-refractivity contribution in [1.82, 2.24) is 10.0 Å². The number of rotatable bonds is 7. The first-order chi connectivity index (χ1) is 8.31. The molecule has 0 unspecified atom stereocenters. The first-order valence-corrected chi connectivity index (χ1v) is 8.43. The molecule has 2 N–H and O–H groups in total. The topological polar surface area (TPSA) is 58.2 Å². The lowest BCUT2D eigenvalue weighted by atomic mass is 10.2. The number of hydrogen-bond donors (Lipinski definition) is 2. The molecule has 0 aliphatic rings. The molecule has 0 saturated carbocycles. The lowest BCUT2D eigenvalue weighted by Gasteiger charge is -2.07. The second-order valence-electron chi connectivity index (χ2n) is 5.00. The highest BCUT2D eigenvalue weighted by molar-refractivity contribution is 7.91. The number of thiophene rings is 1. The maximum atomic E-state index is 12.0. The Bertz CT molecular complexity index is 464. The Morgan fingerprint density at radius 1 is 1.22 bits per heavy atom. The minimum absolute atomic E-state index is 0.307. The number of nitrogens with one attached hydrogen (secondary N) is 2. The van der Waals surface area contributed by atoms with E-state index in [0.717, 1.165) is 4.88 Å². The van der Waals surface area contributed by atoms with Gasteiger partial charge in [0.05, 0.1) is 0 Å². The van der Waals surface area contributed by atoms with Crippen LogP contribution in [-0.2, 0) is 16.6 Å². The molecule has 6 heteroatoms. The van der Waals surface area contributed by atoms with Crippen LogP contribution in [0.3, 0.4) is 0 Å². The normalized spacial score (nSPS) is 12.6. The number of hydrogen-bond acceptors (Lipinski definition) is 4. The zero-order valence-electron chi connectivity index (χ0n) is 11.4. The highest BCUT2D eigenvalue weighted by Gasteiger charge is 2.16. The van der Waals surface area contributed by atoms with Crippen LogP contribution < -0.4 is 10.0 Å². The summed E-state index contributed by atoms with van der Waals surface area (Å²) in [5.74, 6) is 0.307. The lowest BCUT2D eigenvalue weighted by Crippen LogP contribution is -2.26. The predicted octanol–water partition coefficient (Wildman–Crippen LogP) is 2.18. The Labute approximate surface area is 114 Å². The molecule has 1 heterocycles. The Morgan fingerprint density at radius 2 is 1.89 bits per heavy atom. The molecule has 0 amide bonds. The fourth-order valence-corrected chi connectivity index (χ4v) is 3.81. The molecule has 0 radical (unpaired) electrons. The largest absolute Gasteiger partial charge is 0.310 e. The van der Waals surface area contributed by atoms with Crippen LogP contribution in [0.25, 0.3) is 0 Å². The summed E-state index contributed by atoms with van der Waals surface area (Å²) >= 11 is 1.32. The first kappa shape index (κ1) is 15.6. The van der Waals surface area contributed by atoms with Crippen molar-refractivity contribution in [1.29, 1.82) is 0 Å². The summed E-state index contributed by atoms with van der Waals surface area (Å²) in [5.41, 5.74) is 0. The van der Waals surface area contributed by atoms with Crippen LogP contribution in [0.5, 0.6) is 0 Å². The second kappa shape index (κ2) is 6.65. The zero-order chi connectivity index (χ0) is 13.8. The number of sulfonamides is 1. The molecule has 0 fully saturated rings. The molecular weight excluding hydrogens is 268 g/mol. The Balaban J connectivity index is 2.66. The molecule has 0 spiro atoms. The molecule has 0 saturated heterocycles. The maximum absolute atomic E-state index is 12.0. The van der Waals surface area contributed by atoms with Crippen LogP contribution in [0, 0.1) is 5.92 Å². The summed E-state index contributed by atoms with van der Waals surface area (Å²) in [6.07, 6.45) is 0. The van der Waals surface area contributed by atoms with Crippen molar-refractivity contribution in [2.45, 2.75) is 44.5 Å². The first-order valence-electron chi connectivity index (χ1n) is 6.13. The van der Waals surface area contributed by atoms with Gasteiger partial charge in [-0.3, -0.25) is 0 Å². The minimum Gasteiger partial charge on any atom is -0.310 e. The van der Waals surface area contributed by atoms with Crippen LogP contribution in [0.4, 0.5) is 0 Å². The summed E-state index contributed by atoms with van der Waals surface area (Å²) < 4.78 is 26.9. The Hall–Kier alpha value is -0.430. The van der Waals surface area contributed by atoms with E-state index in [4.69, 9.17) is 0 Å². The molecule has 0 aromatic carbocycles. The van der Waals surface area contributed by atoms with Gasteiger partial charge in [-0.25, -0.2) is 13.1 Å². The molecule has 1 aromatic heterocycles. The fraction of sp³-hybridized carbons (Fsp3) is 0.667. The average Bonchev–Trinajstić information content (AvgIpc) is 2.73. The van der Waals surface area contributed by atoms with Gasteiger partial charge in [-0.05, 0) is 18.1 Å². The van der Waals surface area contributed by atoms with Gasteiger partial charge >= 0.3 is 0 Å². The van der Waals surface area contributed by atoms with E-state index in [-0.39, 0.29) is 0 Å². The molecule has 104 valence electrons. The third-order valence-electron chi connectivity index (χ3n) is 2.27. The average molecular weight is 290 g/mol. The van der Waals surface area contributed by atoms with Crippen LogP contribution in [-0.4, -0.2) is 21.0 Å². The van der Waals surface area contributed by atoms with E-state index in [1.165, 1.54) is 11.3 Å². The molecular formula is C12H22N2O2S2. The van der Waals surface area contributed by atoms with E-state index in [2.05, 4.69) is 23.9 Å². The standard InChI is InChI=1S/C12H22N2O2S2/c1-9(2)7-14-18(15,16)12-6-5-11(17-12)8-13-10(3)4/h5-6,9-10,13-14H,7-8H2,1-4H3. The summed E-state index contributed by atoms with van der Waals surface area (Å²) in [7, 11) is -3.33. The molecule has 1 aromatic rings. The lowest BCUT2D eigenvalue weighted by molar-refractivity contribution is 0.562. The SMILES string of the molecule is CC(C)CNS(=O)(=O)c1ccc(CNC(C)C)s1. The summed E-state index contributed by atoms with van der Waals surface area (Å²) in [5, 5.41) is 3.27. The molecule has 4 nitrogen and oxygen atoms in total. The maximum Gasteiger partial charge on any atom is 0.250 e. The molecule has 18 heavy (non-hydrogen) atoms. The van der Waals surface area contributed by atoms with Gasteiger partial charge in [0, 0.05) is 24.0 Å². The zero-order valence-corrected chi connectivity index (χ0v) is 13.0. The van der Waals surface area contributed by atoms with Crippen LogP contribution in [0.2, 0.25) is 0 Å². The Morgan fingerprint density at radius 3 is 2.44 bits per heavy atom. The van der Waals surface area contributed by atoms with E-state index in [1.807, 2.05) is 19.9 Å². The van der Waals surface area contributed by atoms with Crippen molar-refractivity contribution in [2.24, 2.45) is 5.92 Å². The van der Waals surface area contributed by atoms with E-state index >= 15 is 0 Å². The molecule has 1 rings (SSSR count). The molecule has 0 aliphatic carbocycles. The van der Waals surface area contributed by atoms with Crippen molar-refractivity contribution in [2.75, 3.05) is 6.54 Å². The minimum atomic E-state index is -3.33. The van der Waals surface area contributed by atoms with Crippen LogP contribution in [0.15, 0.2) is 16.3 Å². The quantitative estimate of drug-likeness (QED) is 0.809. The van der Waals surface area contributed by atoms with Crippen molar-refractivity contribution in [3.63, 3.8) is 0 Å². The summed E-state index contributed by atoms with van der Waals surface area (Å²) in [4.78, 5) is 1.04. The predicted molar refractivity (Wildman–Crippen MR) is 76.3 cm³/mol. The Kier molecular flexibility index (Phi) is 5.78. The van der Waals surface area contributed by atoms with Gasteiger partial charge in [0.25, 0.3) is 0 Å². The van der Waals surface area contributed by atoms with Crippen molar-refractivity contribution in [3.05, 3.63) is 17.0 Å². The molecule has 0 aliphatic heterocycles. The smallest absolute Gasteiger partial charge is 0.250 e. The van der Waals surface area contributed by atoms with Gasteiger partial charge in [-0.2, -0.15) is 0 Å². The molecule has 0 atom stereocenters. The van der Waals surface area contributed by atoms with E-state index in [0.29, 0.717) is 29.3 Å². The van der Waals surface area contributed by atoms with Crippen molar-refractivity contribution < 1.29 is 8.42 Å². The molecule has 0 bridgehead atoms. The van der Waals surface area contributed by atoms with Crippen molar-refractivity contribution >= 4 is 21.4 Å². The highest BCUT2D eigenvalue weighted by atomic mass is 32.2. The van der Waals surface area contributed by atoms with E-state index < -0.39 is 10.0 Å². The van der Waals surface area contributed by atoms with Gasteiger partial charge in [0.1, 0.15) is 4.21 Å². The highest BCUT2D eigenvalue weighted by Crippen LogP contribution is 2.21. The van der Waals surface area contributed by atoms with Gasteiger partial charge in [-0.1, -0.05) is 27.7 Å². The second-order valence-corrected chi connectivity index (χ2v) is 8.16. The van der Waals surface area contributed by atoms with E-state index in [9.17, 15) is 8.42 Å². The van der Waals surface area contributed by atoms with Crippen LogP contribution >= 0.6 is 11.3 Å². The van der Waals surface area contributed by atoms with Crippen molar-refractivity contribution in [3.8, 4) is 0 Å². The third kappa shape index (κ3) is 5.06. The fourth-order valence-electron chi connectivity index (χ4n) is 1.25. The monoisotopic (exact) mass is 290 g/mol. The van der Waals surface area contributed by atoms with E-state index in [1.54, 1.807) is 6.07 Å². The van der Waals surface area contributed by atoms with Crippen LogP contribution in [0.1, 0.15) is 32.6 Å². The van der Waals surface area contributed by atoms with Gasteiger partial charge in [-0.15, -0.1) is 11.3 Å².